The fraction of sp³-hybridized carbons (Fsp3) is 0.533. The molecule has 2 heterocycles. The van der Waals surface area contributed by atoms with Gasteiger partial charge in [-0.3, -0.25) is 4.79 Å². The lowest BCUT2D eigenvalue weighted by Crippen LogP contribution is -2.39. The largest absolute Gasteiger partial charge is 0.381 e. The second-order valence-electron chi connectivity index (χ2n) is 5.67. The van der Waals surface area contributed by atoms with Crippen LogP contribution in [0.4, 0.5) is 11.4 Å². The number of nitrogens with one attached hydrogen (secondary N) is 2. The first-order chi connectivity index (χ1) is 9.20. The van der Waals surface area contributed by atoms with E-state index in [2.05, 4.69) is 34.7 Å². The average Bonchev–Trinajstić information content (AvgIpc) is 2.39. The summed E-state index contributed by atoms with van der Waals surface area (Å²) in [7, 11) is 2.18. The van der Waals surface area contributed by atoms with Crippen LogP contribution in [0.5, 0.6) is 0 Å². The van der Waals surface area contributed by atoms with Crippen LogP contribution >= 0.6 is 0 Å². The highest BCUT2D eigenvalue weighted by Crippen LogP contribution is 2.26. The molecule has 1 atom stereocenters. The molecule has 4 heteroatoms. The van der Waals surface area contributed by atoms with E-state index in [-0.39, 0.29) is 5.91 Å². The van der Waals surface area contributed by atoms with Crippen molar-refractivity contribution < 1.29 is 4.79 Å². The van der Waals surface area contributed by atoms with E-state index < -0.39 is 0 Å². The minimum Gasteiger partial charge on any atom is -0.381 e. The zero-order valence-corrected chi connectivity index (χ0v) is 11.4. The topological polar surface area (TPSA) is 44.4 Å². The molecule has 4 nitrogen and oxygen atoms in total. The number of hydrogen-bond acceptors (Lipinski definition) is 3. The van der Waals surface area contributed by atoms with Gasteiger partial charge in [0, 0.05) is 30.4 Å². The van der Waals surface area contributed by atoms with Crippen LogP contribution < -0.4 is 10.6 Å². The van der Waals surface area contributed by atoms with E-state index in [1.165, 1.54) is 30.6 Å². The van der Waals surface area contributed by atoms with Crippen molar-refractivity contribution in [3.8, 4) is 0 Å². The average molecular weight is 259 g/mol. The van der Waals surface area contributed by atoms with Gasteiger partial charge in [-0.05, 0) is 56.6 Å². The first-order valence-electron chi connectivity index (χ1n) is 7.08. The zero-order valence-electron chi connectivity index (χ0n) is 11.4. The number of likely N-dealkylation sites (N-methyl/N-ethyl adjacent to an activating group) is 1. The van der Waals surface area contributed by atoms with Crippen molar-refractivity contribution in [1.29, 1.82) is 0 Å². The Morgan fingerprint density at radius 2 is 2.26 bits per heavy atom. The predicted octanol–water partition coefficient (Wildman–Crippen LogP) is 2.08. The Bertz CT molecular complexity index is 486. The lowest BCUT2D eigenvalue weighted by molar-refractivity contribution is -0.116. The number of benzene rings is 1. The van der Waals surface area contributed by atoms with Gasteiger partial charge in [0.05, 0.1) is 0 Å². The summed E-state index contributed by atoms with van der Waals surface area (Å²) >= 11 is 0. The maximum Gasteiger partial charge on any atom is 0.224 e. The number of anilines is 2. The van der Waals surface area contributed by atoms with E-state index in [1.807, 2.05) is 6.07 Å². The number of rotatable bonds is 2. The van der Waals surface area contributed by atoms with Gasteiger partial charge < -0.3 is 15.5 Å². The minimum absolute atomic E-state index is 0.127. The van der Waals surface area contributed by atoms with Gasteiger partial charge in [0.25, 0.3) is 0 Å². The maximum atomic E-state index is 11.3. The summed E-state index contributed by atoms with van der Waals surface area (Å²) in [5.41, 5.74) is 3.39. The van der Waals surface area contributed by atoms with Gasteiger partial charge in [-0.2, -0.15) is 0 Å². The van der Waals surface area contributed by atoms with Crippen LogP contribution in [0.3, 0.4) is 0 Å². The Morgan fingerprint density at radius 1 is 1.37 bits per heavy atom. The number of nitrogens with zero attached hydrogens (tertiary/aromatic N) is 1. The lowest BCUT2D eigenvalue weighted by atomic mass is 10.0. The monoisotopic (exact) mass is 259 g/mol. The molecule has 0 aromatic heterocycles. The third kappa shape index (κ3) is 2.89. The summed E-state index contributed by atoms with van der Waals surface area (Å²) < 4.78 is 0. The summed E-state index contributed by atoms with van der Waals surface area (Å²) in [5.74, 6) is 0.127. The zero-order chi connectivity index (χ0) is 13.2. The molecular weight excluding hydrogens is 238 g/mol. The molecule has 0 saturated carbocycles. The molecule has 3 rings (SSSR count). The molecule has 0 aliphatic carbocycles. The van der Waals surface area contributed by atoms with Crippen molar-refractivity contribution in [1.82, 2.24) is 4.90 Å². The third-order valence-corrected chi connectivity index (χ3v) is 4.00. The smallest absolute Gasteiger partial charge is 0.224 e. The molecule has 2 aliphatic heterocycles. The Kier molecular flexibility index (Phi) is 3.42. The molecule has 1 amide bonds. The first kappa shape index (κ1) is 12.5. The Labute approximate surface area is 114 Å². The molecule has 0 spiro atoms. The molecular formula is C15H21N3O. The van der Waals surface area contributed by atoms with Gasteiger partial charge in [0.15, 0.2) is 0 Å². The number of aryl methyl sites for hydroxylation is 1. The van der Waals surface area contributed by atoms with Crippen LogP contribution in [-0.4, -0.2) is 37.0 Å². The van der Waals surface area contributed by atoms with E-state index in [4.69, 9.17) is 0 Å². The van der Waals surface area contributed by atoms with Gasteiger partial charge in [-0.25, -0.2) is 0 Å². The highest BCUT2D eigenvalue weighted by Gasteiger charge is 2.18. The van der Waals surface area contributed by atoms with Gasteiger partial charge in [-0.15, -0.1) is 0 Å². The Hall–Kier alpha value is -1.55. The van der Waals surface area contributed by atoms with Crippen molar-refractivity contribution in [2.24, 2.45) is 0 Å². The van der Waals surface area contributed by atoms with Crippen molar-refractivity contribution in [3.63, 3.8) is 0 Å². The molecule has 2 N–H and O–H groups in total. The van der Waals surface area contributed by atoms with Gasteiger partial charge >= 0.3 is 0 Å². The second-order valence-corrected chi connectivity index (χ2v) is 5.67. The summed E-state index contributed by atoms with van der Waals surface area (Å²) in [6.07, 6.45) is 3.94. The van der Waals surface area contributed by atoms with E-state index in [0.717, 1.165) is 18.7 Å². The molecule has 19 heavy (non-hydrogen) atoms. The lowest BCUT2D eigenvalue weighted by Gasteiger charge is -2.31. The number of carbonyl (C=O) groups excluding carboxylic acids is 1. The second kappa shape index (κ2) is 5.21. The minimum atomic E-state index is 0.127. The molecule has 102 valence electrons. The number of likely N-dealkylation sites (tertiary alicyclic amines) is 1. The Morgan fingerprint density at radius 3 is 3.11 bits per heavy atom. The quantitative estimate of drug-likeness (QED) is 0.854. The van der Waals surface area contributed by atoms with Crippen LogP contribution in [0.1, 0.15) is 24.8 Å². The number of piperidine rings is 1. The SMILES string of the molecule is CN1CCCC(Nc2ccc3c(c2)CCC(=O)N3)C1. The predicted molar refractivity (Wildman–Crippen MR) is 77.5 cm³/mol. The summed E-state index contributed by atoms with van der Waals surface area (Å²) in [4.78, 5) is 13.7. The summed E-state index contributed by atoms with van der Waals surface area (Å²) in [6.45, 7) is 2.31. The van der Waals surface area contributed by atoms with E-state index in [1.54, 1.807) is 0 Å². The molecule has 1 unspecified atom stereocenters. The van der Waals surface area contributed by atoms with Gasteiger partial charge in [0.2, 0.25) is 5.91 Å². The summed E-state index contributed by atoms with van der Waals surface area (Å²) in [6, 6.07) is 6.80. The number of amides is 1. The molecule has 2 aliphatic rings. The van der Waals surface area contributed by atoms with Crippen molar-refractivity contribution in [2.75, 3.05) is 30.8 Å². The van der Waals surface area contributed by atoms with Crippen molar-refractivity contribution >= 4 is 17.3 Å². The molecule has 1 aromatic carbocycles. The fourth-order valence-electron chi connectivity index (χ4n) is 2.99. The molecule has 0 bridgehead atoms. The van der Waals surface area contributed by atoms with Crippen molar-refractivity contribution in [3.05, 3.63) is 23.8 Å². The third-order valence-electron chi connectivity index (χ3n) is 4.00. The molecule has 1 aromatic rings. The van der Waals surface area contributed by atoms with Crippen molar-refractivity contribution in [2.45, 2.75) is 31.7 Å². The highest BCUT2D eigenvalue weighted by atomic mass is 16.1. The van der Waals surface area contributed by atoms with Crippen LogP contribution in [-0.2, 0) is 11.2 Å². The fourth-order valence-corrected chi connectivity index (χ4v) is 2.99. The van der Waals surface area contributed by atoms with E-state index in [0.29, 0.717) is 12.5 Å². The standard InChI is InChI=1S/C15H21N3O/c1-18-8-2-3-13(10-18)16-12-5-6-14-11(9-12)4-7-15(19)17-14/h5-6,9,13,16H,2-4,7-8,10H2,1H3,(H,17,19). The summed E-state index contributed by atoms with van der Waals surface area (Å²) in [5, 5.41) is 6.54. The highest BCUT2D eigenvalue weighted by molar-refractivity contribution is 5.94. The van der Waals surface area contributed by atoms with E-state index >= 15 is 0 Å². The van der Waals surface area contributed by atoms with Gasteiger partial charge in [-0.1, -0.05) is 0 Å². The number of fused-ring (bicyclic) bond motifs is 1. The van der Waals surface area contributed by atoms with Crippen LogP contribution in [0.2, 0.25) is 0 Å². The maximum absolute atomic E-state index is 11.3. The number of carbonyl (C=O) groups is 1. The number of hydrogen-bond donors (Lipinski definition) is 2. The molecule has 0 radical (unpaired) electrons. The van der Waals surface area contributed by atoms with Crippen LogP contribution in [0, 0.1) is 0 Å². The molecule has 1 saturated heterocycles. The van der Waals surface area contributed by atoms with E-state index in [9.17, 15) is 4.79 Å². The Balaban J connectivity index is 1.70. The first-order valence-corrected chi connectivity index (χ1v) is 7.08. The normalized spacial score (nSPS) is 23.6. The molecule has 1 fully saturated rings. The van der Waals surface area contributed by atoms with Crippen LogP contribution in [0.25, 0.3) is 0 Å². The van der Waals surface area contributed by atoms with Crippen LogP contribution in [0.15, 0.2) is 18.2 Å². The van der Waals surface area contributed by atoms with Gasteiger partial charge in [0.1, 0.15) is 0 Å².